The van der Waals surface area contributed by atoms with Gasteiger partial charge in [-0.2, -0.15) is 0 Å². The fourth-order valence-corrected chi connectivity index (χ4v) is 8.60. The summed E-state index contributed by atoms with van der Waals surface area (Å²) in [5, 5.41) is 3.85. The maximum absolute atomic E-state index is 6.85. The van der Waals surface area contributed by atoms with E-state index in [0.29, 0.717) is 0 Å². The average Bonchev–Trinajstić information content (AvgIpc) is 3.14. The van der Waals surface area contributed by atoms with Crippen LogP contribution in [0, 0.1) is 0 Å². The van der Waals surface area contributed by atoms with Crippen LogP contribution >= 0.6 is 0 Å². The summed E-state index contributed by atoms with van der Waals surface area (Å²) >= 11 is 0. The smallest absolute Gasteiger partial charge is 0.256 e. The van der Waals surface area contributed by atoms with Crippen molar-refractivity contribution in [3.05, 3.63) is 158 Å². The third-order valence-electron chi connectivity index (χ3n) is 10.5. The second-order valence-corrected chi connectivity index (χ2v) is 13.0. The van der Waals surface area contributed by atoms with E-state index in [0.717, 1.165) is 39.9 Å². The molecule has 7 aromatic carbocycles. The molecule has 6 heteroatoms. The Hall–Kier alpha value is -6.13. The van der Waals surface area contributed by atoms with E-state index < -0.39 is 0 Å². The summed E-state index contributed by atoms with van der Waals surface area (Å²) in [7, 11) is 0. The maximum atomic E-state index is 6.85. The summed E-state index contributed by atoms with van der Waals surface area (Å²) < 4.78 is 6.85. The van der Waals surface area contributed by atoms with Gasteiger partial charge in [0.15, 0.2) is 0 Å². The molecule has 0 unspecified atom stereocenters. The number of hydrogen-bond donors (Lipinski definition) is 1. The van der Waals surface area contributed by atoms with Crippen LogP contribution in [-0.4, -0.2) is 13.4 Å². The molecule has 4 nitrogen and oxygen atoms in total. The molecule has 4 aliphatic rings. The topological polar surface area (TPSA) is 27.7 Å². The second kappa shape index (κ2) is 9.69. The fourth-order valence-electron chi connectivity index (χ4n) is 8.60. The Morgan fingerprint density at radius 3 is 1.60 bits per heavy atom. The average molecular weight is 611 g/mol. The van der Waals surface area contributed by atoms with Gasteiger partial charge in [0.1, 0.15) is 11.5 Å². The van der Waals surface area contributed by atoms with E-state index in [4.69, 9.17) is 4.74 Å². The van der Waals surface area contributed by atoms with Crippen molar-refractivity contribution in [1.29, 1.82) is 0 Å². The third-order valence-corrected chi connectivity index (χ3v) is 10.5. The Labute approximate surface area is 280 Å². The first kappa shape index (κ1) is 26.0. The normalized spacial score (nSPS) is 14.0. The summed E-state index contributed by atoms with van der Waals surface area (Å²) in [6.45, 7) is 0.114. The number of benzene rings is 7. The van der Waals surface area contributed by atoms with Gasteiger partial charge in [-0.25, -0.2) is 0 Å². The highest BCUT2D eigenvalue weighted by molar-refractivity contribution is 7.02. The summed E-state index contributed by atoms with van der Waals surface area (Å²) in [5.74, 6) is 1.83. The van der Waals surface area contributed by atoms with Crippen molar-refractivity contribution in [3.63, 3.8) is 0 Å². The van der Waals surface area contributed by atoms with Gasteiger partial charge >= 0.3 is 0 Å². The van der Waals surface area contributed by atoms with Crippen LogP contribution in [-0.2, 0) is 0 Å². The number of ether oxygens (including phenoxy) is 1. The molecule has 0 amide bonds. The third kappa shape index (κ3) is 3.46. The zero-order valence-corrected chi connectivity index (χ0v) is 26.0. The highest BCUT2D eigenvalue weighted by Crippen LogP contribution is 2.42. The molecule has 4 aliphatic heterocycles. The molecular weight excluding hydrogens is 584 g/mol. The van der Waals surface area contributed by atoms with Gasteiger partial charge in [-0.1, -0.05) is 91.0 Å². The minimum absolute atomic E-state index is 0.0395. The zero-order valence-electron chi connectivity index (χ0n) is 26.0. The van der Waals surface area contributed by atoms with Gasteiger partial charge in [0.05, 0.1) is 0 Å². The van der Waals surface area contributed by atoms with Gasteiger partial charge in [-0.15, -0.1) is 0 Å². The largest absolute Gasteiger partial charge is 0.458 e. The summed E-state index contributed by atoms with van der Waals surface area (Å²) in [4.78, 5) is 4.80. The van der Waals surface area contributed by atoms with Crippen molar-refractivity contribution >= 4 is 91.7 Å². The maximum Gasteiger partial charge on any atom is 0.256 e. The van der Waals surface area contributed by atoms with Gasteiger partial charge in [0.2, 0.25) is 0 Å². The van der Waals surface area contributed by atoms with E-state index in [1.54, 1.807) is 0 Å². The zero-order chi connectivity index (χ0) is 31.3. The van der Waals surface area contributed by atoms with Gasteiger partial charge < -0.3 is 19.9 Å². The summed E-state index contributed by atoms with van der Waals surface area (Å²) in [5.41, 5.74) is 16.9. The van der Waals surface area contributed by atoms with Crippen LogP contribution in [0.2, 0.25) is 0 Å². The molecule has 0 aromatic heterocycles. The second-order valence-electron chi connectivity index (χ2n) is 13.0. The minimum atomic E-state index is 0.0395. The Morgan fingerprint density at radius 2 is 0.938 bits per heavy atom. The molecule has 7 aromatic rings. The number of hydrogen-bond acceptors (Lipinski definition) is 4. The van der Waals surface area contributed by atoms with Gasteiger partial charge in [0, 0.05) is 51.6 Å². The molecule has 4 heterocycles. The Kier molecular flexibility index (Phi) is 5.25. The van der Waals surface area contributed by atoms with Crippen LogP contribution in [0.5, 0.6) is 11.5 Å². The van der Waals surface area contributed by atoms with Crippen molar-refractivity contribution in [2.45, 2.75) is 0 Å². The van der Waals surface area contributed by atoms with Crippen LogP contribution in [0.1, 0.15) is 0 Å². The van der Waals surface area contributed by atoms with Crippen molar-refractivity contribution in [3.8, 4) is 11.5 Å². The van der Waals surface area contributed by atoms with Gasteiger partial charge in [0.25, 0.3) is 13.4 Å². The van der Waals surface area contributed by atoms with Crippen molar-refractivity contribution in [2.24, 2.45) is 0 Å². The molecule has 0 saturated heterocycles. The lowest BCUT2D eigenvalue weighted by molar-refractivity contribution is 0.488. The molecule has 11 rings (SSSR count). The van der Waals surface area contributed by atoms with Crippen LogP contribution < -0.4 is 52.6 Å². The molecule has 0 fully saturated rings. The van der Waals surface area contributed by atoms with Crippen molar-refractivity contribution in [2.75, 3.05) is 15.1 Å². The number of nitrogens with zero attached hydrogens (tertiary/aromatic N) is 2. The fraction of sp³-hybridized carbons (Fsp3) is 0. The molecule has 0 aliphatic carbocycles. The lowest BCUT2D eigenvalue weighted by Gasteiger charge is -2.42. The van der Waals surface area contributed by atoms with Gasteiger partial charge in [-0.3, -0.25) is 0 Å². The first-order chi connectivity index (χ1) is 23.8. The van der Waals surface area contributed by atoms with Crippen LogP contribution in [0.15, 0.2) is 158 Å². The first-order valence-corrected chi connectivity index (χ1v) is 16.6. The molecule has 0 atom stereocenters. The molecule has 48 heavy (non-hydrogen) atoms. The SMILES string of the molecule is c1ccc(N2c3ccccc3B3c4cc5c(cc4Nc4cccc2c43)Oc2cccc3c2B5c2ccccc2N3c2ccccc2)cc1. The van der Waals surface area contributed by atoms with E-state index >= 15 is 0 Å². The highest BCUT2D eigenvalue weighted by atomic mass is 16.5. The molecular formula is C42H27B2N3O. The molecule has 0 bridgehead atoms. The van der Waals surface area contributed by atoms with E-state index in [9.17, 15) is 0 Å². The lowest BCUT2D eigenvalue weighted by Crippen LogP contribution is -2.63. The standard InChI is InChI=1S/C42H27B2N3O/c1-3-13-27(14-4-1)46-35-20-9-7-17-29(35)43-31-25-32-40(26-34(31)45-33-19-11-22-37(46)41(33)43)48-39-24-12-23-38-42(39)44(32)30-18-8-10-21-36(30)47(38)28-15-5-2-6-16-28/h1-26,45H. The predicted molar refractivity (Wildman–Crippen MR) is 201 cm³/mol. The van der Waals surface area contributed by atoms with Crippen LogP contribution in [0.3, 0.4) is 0 Å². The van der Waals surface area contributed by atoms with E-state index in [2.05, 4.69) is 173 Å². The molecule has 0 spiro atoms. The monoisotopic (exact) mass is 611 g/mol. The molecule has 0 radical (unpaired) electrons. The first-order valence-electron chi connectivity index (χ1n) is 16.6. The summed E-state index contributed by atoms with van der Waals surface area (Å²) in [6, 6.07) is 56.9. The predicted octanol–water partition coefficient (Wildman–Crippen LogP) is 6.45. The molecule has 222 valence electrons. The molecule has 0 saturated carbocycles. The number of anilines is 8. The Bertz CT molecular complexity index is 2280. The Morgan fingerprint density at radius 1 is 0.396 bits per heavy atom. The summed E-state index contributed by atoms with van der Waals surface area (Å²) in [6.07, 6.45) is 0. The number of para-hydroxylation sites is 4. The number of rotatable bonds is 2. The minimum Gasteiger partial charge on any atom is -0.458 e. The molecule has 1 N–H and O–H groups in total. The van der Waals surface area contributed by atoms with Gasteiger partial charge in [-0.05, 0) is 93.4 Å². The lowest BCUT2D eigenvalue weighted by atomic mass is 9.30. The van der Waals surface area contributed by atoms with Crippen LogP contribution in [0.4, 0.5) is 45.5 Å². The highest BCUT2D eigenvalue weighted by Gasteiger charge is 2.45. The Balaban J connectivity index is 1.15. The van der Waals surface area contributed by atoms with E-state index in [-0.39, 0.29) is 13.4 Å². The number of fused-ring (bicyclic) bond motifs is 8. The van der Waals surface area contributed by atoms with E-state index in [1.807, 2.05) is 0 Å². The number of nitrogens with one attached hydrogen (secondary N) is 1. The van der Waals surface area contributed by atoms with Crippen LogP contribution in [0.25, 0.3) is 0 Å². The van der Waals surface area contributed by atoms with E-state index in [1.165, 1.54) is 49.8 Å². The van der Waals surface area contributed by atoms with Crippen molar-refractivity contribution in [1.82, 2.24) is 0 Å². The quantitative estimate of drug-likeness (QED) is 0.228. The van der Waals surface area contributed by atoms with Crippen molar-refractivity contribution < 1.29 is 4.74 Å².